The first kappa shape index (κ1) is 9.63. The third kappa shape index (κ3) is 6.52. The molecule has 0 amide bonds. The van der Waals surface area contributed by atoms with Gasteiger partial charge in [0.15, 0.2) is 0 Å². The minimum atomic E-state index is 0.776. The van der Waals surface area contributed by atoms with Crippen LogP contribution in [0.1, 0.15) is 6.92 Å². The van der Waals surface area contributed by atoms with E-state index in [0.29, 0.717) is 0 Å². The molecule has 0 fully saturated rings. The largest absolute Gasteiger partial charge is 0.262 e. The second kappa shape index (κ2) is 5.42. The number of hydrogen-bond donors (Lipinski definition) is 0. The van der Waals surface area contributed by atoms with Gasteiger partial charge in [-0.15, -0.1) is 0 Å². The second-order valence-electron chi connectivity index (χ2n) is 2.16. The van der Waals surface area contributed by atoms with Crippen molar-refractivity contribution < 1.29 is 0 Å². The molecular formula is C10H13N. The smallest absolute Gasteiger partial charge is 0.0337 e. The minimum Gasteiger partial charge on any atom is -0.262 e. The van der Waals surface area contributed by atoms with E-state index in [9.17, 15) is 0 Å². The molecule has 0 radical (unpaired) electrons. The molecule has 1 heteroatoms. The van der Waals surface area contributed by atoms with Gasteiger partial charge in [0.05, 0.1) is 0 Å². The Bertz CT molecular complexity index is 219. The van der Waals surface area contributed by atoms with Gasteiger partial charge in [0.25, 0.3) is 0 Å². The molecule has 1 nitrogen and oxygen atoms in total. The highest BCUT2D eigenvalue weighted by Crippen LogP contribution is 1.92. The van der Waals surface area contributed by atoms with E-state index in [4.69, 9.17) is 0 Å². The molecule has 0 spiro atoms. The maximum absolute atomic E-state index is 3.97. The average molecular weight is 147 g/mol. The van der Waals surface area contributed by atoms with Crippen LogP contribution < -0.4 is 0 Å². The van der Waals surface area contributed by atoms with E-state index in [1.165, 1.54) is 0 Å². The Hall–Kier alpha value is -1.37. The van der Waals surface area contributed by atoms with Gasteiger partial charge in [-0.05, 0) is 12.5 Å². The molecule has 58 valence electrons. The van der Waals surface area contributed by atoms with E-state index in [-0.39, 0.29) is 0 Å². The highest BCUT2D eigenvalue weighted by Gasteiger charge is 1.78. The molecule has 0 aliphatic carbocycles. The molecule has 0 rings (SSSR count). The molecule has 0 saturated carbocycles. The van der Waals surface area contributed by atoms with Gasteiger partial charge in [-0.2, -0.15) is 0 Å². The first-order chi connectivity index (χ1) is 5.16. The Labute approximate surface area is 68.2 Å². The van der Waals surface area contributed by atoms with Gasteiger partial charge in [-0.3, -0.25) is 4.99 Å². The Kier molecular flexibility index (Phi) is 4.74. The summed E-state index contributed by atoms with van der Waals surface area (Å²) in [6.07, 6.45) is 7.01. The fraction of sp³-hybridized carbons (Fsp3) is 0.100. The lowest BCUT2D eigenvalue weighted by Crippen LogP contribution is -1.76. The van der Waals surface area contributed by atoms with E-state index >= 15 is 0 Å². The zero-order valence-corrected chi connectivity index (χ0v) is 6.88. The van der Waals surface area contributed by atoms with Crippen molar-refractivity contribution >= 4 is 6.21 Å². The van der Waals surface area contributed by atoms with Crippen LogP contribution >= 0.6 is 0 Å². The van der Waals surface area contributed by atoms with Crippen molar-refractivity contribution in [2.24, 2.45) is 4.99 Å². The Morgan fingerprint density at radius 2 is 2.00 bits per heavy atom. The lowest BCUT2D eigenvalue weighted by molar-refractivity contribution is 1.34. The summed E-state index contributed by atoms with van der Waals surface area (Å²) in [5.41, 5.74) is 1.62. The predicted molar refractivity (Wildman–Crippen MR) is 51.8 cm³/mol. The van der Waals surface area contributed by atoms with Crippen LogP contribution in [0.25, 0.3) is 0 Å². The summed E-state index contributed by atoms with van der Waals surface area (Å²) >= 11 is 0. The molecule has 0 N–H and O–H groups in total. The normalized spacial score (nSPS) is 10.6. The number of rotatable bonds is 4. The molecular weight excluding hydrogens is 134 g/mol. The Balaban J connectivity index is 3.97. The van der Waals surface area contributed by atoms with Crippen LogP contribution in [-0.4, -0.2) is 6.21 Å². The van der Waals surface area contributed by atoms with E-state index in [1.807, 2.05) is 19.1 Å². The lowest BCUT2D eigenvalue weighted by Gasteiger charge is -1.87. The molecule has 0 heterocycles. The zero-order chi connectivity index (χ0) is 8.69. The van der Waals surface area contributed by atoms with Crippen LogP contribution in [0.4, 0.5) is 0 Å². The Morgan fingerprint density at radius 3 is 2.45 bits per heavy atom. The molecule has 0 aromatic rings. The van der Waals surface area contributed by atoms with Crippen molar-refractivity contribution in [2.75, 3.05) is 0 Å². The van der Waals surface area contributed by atoms with Crippen LogP contribution in [0.5, 0.6) is 0 Å². The quantitative estimate of drug-likeness (QED) is 0.428. The number of hydrogen-bond acceptors (Lipinski definition) is 1. The summed E-state index contributed by atoms with van der Waals surface area (Å²) in [4.78, 5) is 3.97. The van der Waals surface area contributed by atoms with Gasteiger partial charge >= 0.3 is 0 Å². The third-order valence-electron chi connectivity index (χ3n) is 0.897. The summed E-state index contributed by atoms with van der Waals surface area (Å²) < 4.78 is 0. The first-order valence-electron chi connectivity index (χ1n) is 3.34. The van der Waals surface area contributed by atoms with Gasteiger partial charge in [0.2, 0.25) is 0 Å². The molecule has 0 aliphatic heterocycles. The maximum atomic E-state index is 3.97. The molecule has 0 aromatic carbocycles. The fourth-order valence-corrected chi connectivity index (χ4v) is 0.428. The van der Waals surface area contributed by atoms with Crippen molar-refractivity contribution in [1.82, 2.24) is 0 Å². The topological polar surface area (TPSA) is 12.4 Å². The molecule has 0 bridgehead atoms. The molecule has 11 heavy (non-hydrogen) atoms. The van der Waals surface area contributed by atoms with Crippen LogP contribution in [-0.2, 0) is 0 Å². The van der Waals surface area contributed by atoms with Crippen molar-refractivity contribution in [3.63, 3.8) is 0 Å². The third-order valence-corrected chi connectivity index (χ3v) is 0.897. The number of aliphatic imine (C=N–C) groups is 1. The van der Waals surface area contributed by atoms with Crippen LogP contribution in [0.3, 0.4) is 0 Å². The van der Waals surface area contributed by atoms with Crippen LogP contribution in [0.15, 0.2) is 54.2 Å². The standard InChI is InChI=1S/C10H13N/c1-5-6-7-10(4)8-11-9(2)3/h5-8H,1-2,4H2,3H3/b7-6-,11-8-. The van der Waals surface area contributed by atoms with Crippen molar-refractivity contribution in [3.8, 4) is 0 Å². The van der Waals surface area contributed by atoms with E-state index < -0.39 is 0 Å². The number of allylic oxidation sites excluding steroid dienone is 5. The van der Waals surface area contributed by atoms with Gasteiger partial charge in [-0.1, -0.05) is 38.0 Å². The summed E-state index contributed by atoms with van der Waals surface area (Å²) in [7, 11) is 0. The highest BCUT2D eigenvalue weighted by molar-refractivity contribution is 5.82. The minimum absolute atomic E-state index is 0.776. The van der Waals surface area contributed by atoms with Crippen molar-refractivity contribution in [2.45, 2.75) is 6.92 Å². The molecule has 0 aliphatic rings. The molecule has 0 aromatic heterocycles. The van der Waals surface area contributed by atoms with E-state index in [0.717, 1.165) is 11.3 Å². The summed E-state index contributed by atoms with van der Waals surface area (Å²) in [5.74, 6) is 0. The van der Waals surface area contributed by atoms with Gasteiger partial charge in [0, 0.05) is 11.9 Å². The monoisotopic (exact) mass is 147 g/mol. The summed E-state index contributed by atoms with van der Waals surface area (Å²) in [6, 6.07) is 0. The Morgan fingerprint density at radius 1 is 1.36 bits per heavy atom. The number of nitrogens with zero attached hydrogens (tertiary/aromatic N) is 1. The van der Waals surface area contributed by atoms with E-state index in [2.05, 4.69) is 24.7 Å². The van der Waals surface area contributed by atoms with Crippen molar-refractivity contribution in [1.29, 1.82) is 0 Å². The van der Waals surface area contributed by atoms with Gasteiger partial charge in [-0.25, -0.2) is 0 Å². The SMILES string of the molecule is C=C/C=C\C(=C)/C=N\C(=C)C. The summed E-state index contributed by atoms with van der Waals surface area (Å²) in [6.45, 7) is 12.7. The second-order valence-corrected chi connectivity index (χ2v) is 2.16. The van der Waals surface area contributed by atoms with Crippen LogP contribution in [0, 0.1) is 0 Å². The lowest BCUT2D eigenvalue weighted by atomic mass is 10.3. The molecule has 0 unspecified atom stereocenters. The average Bonchev–Trinajstić information content (AvgIpc) is 1.97. The first-order valence-corrected chi connectivity index (χ1v) is 3.34. The molecule has 0 saturated heterocycles. The van der Waals surface area contributed by atoms with Gasteiger partial charge < -0.3 is 0 Å². The van der Waals surface area contributed by atoms with E-state index in [1.54, 1.807) is 12.3 Å². The maximum Gasteiger partial charge on any atom is 0.0337 e. The zero-order valence-electron chi connectivity index (χ0n) is 6.88. The summed E-state index contributed by atoms with van der Waals surface area (Å²) in [5, 5.41) is 0. The predicted octanol–water partition coefficient (Wildman–Crippen LogP) is 2.89. The fourth-order valence-electron chi connectivity index (χ4n) is 0.428. The van der Waals surface area contributed by atoms with Gasteiger partial charge in [0.1, 0.15) is 0 Å². The van der Waals surface area contributed by atoms with Crippen molar-refractivity contribution in [3.05, 3.63) is 49.2 Å². The highest BCUT2D eigenvalue weighted by atomic mass is 14.7. The molecule has 0 atom stereocenters. The van der Waals surface area contributed by atoms with Crippen LogP contribution in [0.2, 0.25) is 0 Å².